The molecule has 0 amide bonds. The van der Waals surface area contributed by atoms with E-state index in [0.717, 1.165) is 80.6 Å². The van der Waals surface area contributed by atoms with E-state index < -0.39 is 12.5 Å². The lowest BCUT2D eigenvalue weighted by atomic mass is 9.93. The van der Waals surface area contributed by atoms with Gasteiger partial charge in [0.2, 0.25) is 5.95 Å². The van der Waals surface area contributed by atoms with E-state index in [2.05, 4.69) is 60.5 Å². The first-order chi connectivity index (χ1) is 17.0. The second-order valence-electron chi connectivity index (χ2n) is 9.83. The highest BCUT2D eigenvalue weighted by Gasteiger charge is 2.25. The summed E-state index contributed by atoms with van der Waals surface area (Å²) < 4.78 is 28.3. The molecule has 1 aromatic carbocycles. The zero-order chi connectivity index (χ0) is 24.4. The molecule has 2 aromatic heterocycles. The third kappa shape index (κ3) is 5.96. The lowest BCUT2D eigenvalue weighted by molar-refractivity contribution is 0.111. The van der Waals surface area contributed by atoms with Gasteiger partial charge in [0.15, 0.2) is 0 Å². The van der Waals surface area contributed by atoms with Crippen LogP contribution in [0.2, 0.25) is 0 Å². The van der Waals surface area contributed by atoms with Gasteiger partial charge in [0.1, 0.15) is 5.65 Å². The number of rotatable bonds is 7. The van der Waals surface area contributed by atoms with Gasteiger partial charge in [-0.05, 0) is 43.7 Å². The SMILES string of the molecule is C[C@@H](Nc1ncc2c(-c3ccc(CN4CCNCC4)cc3)cn(C3CCC(O)CC3)c2n1)C(F)F.Cl. The van der Waals surface area contributed by atoms with E-state index in [-0.39, 0.29) is 30.5 Å². The van der Waals surface area contributed by atoms with Gasteiger partial charge in [0, 0.05) is 62.1 Å². The maximum atomic E-state index is 13.1. The third-order valence-electron chi connectivity index (χ3n) is 7.25. The number of alkyl halides is 2. The number of piperazine rings is 1. The Morgan fingerprint density at radius 1 is 1.11 bits per heavy atom. The molecule has 5 rings (SSSR count). The molecular weight excluding hydrogens is 486 g/mol. The van der Waals surface area contributed by atoms with Crippen molar-refractivity contribution in [3.05, 3.63) is 42.2 Å². The molecule has 7 nitrogen and oxygen atoms in total. The zero-order valence-electron chi connectivity index (χ0n) is 20.5. The molecule has 0 bridgehead atoms. The number of fused-ring (bicyclic) bond motifs is 1. The maximum Gasteiger partial charge on any atom is 0.258 e. The van der Waals surface area contributed by atoms with Gasteiger partial charge in [-0.25, -0.2) is 13.8 Å². The number of hydrogen-bond donors (Lipinski definition) is 3. The lowest BCUT2D eigenvalue weighted by Crippen LogP contribution is -2.42. The molecule has 2 fully saturated rings. The summed E-state index contributed by atoms with van der Waals surface area (Å²) in [5, 5.41) is 17.0. The molecule has 1 saturated heterocycles. The average molecular weight is 521 g/mol. The van der Waals surface area contributed by atoms with Gasteiger partial charge in [0.05, 0.1) is 12.1 Å². The van der Waals surface area contributed by atoms with E-state index in [0.29, 0.717) is 0 Å². The summed E-state index contributed by atoms with van der Waals surface area (Å²) in [5.74, 6) is 0.207. The molecule has 2 aliphatic rings. The Morgan fingerprint density at radius 3 is 2.47 bits per heavy atom. The van der Waals surface area contributed by atoms with Crippen LogP contribution < -0.4 is 10.6 Å². The summed E-state index contributed by atoms with van der Waals surface area (Å²) in [5.41, 5.74) is 4.14. The molecule has 1 saturated carbocycles. The number of aromatic nitrogens is 3. The summed E-state index contributed by atoms with van der Waals surface area (Å²) >= 11 is 0. The molecule has 0 unspecified atom stereocenters. The van der Waals surface area contributed by atoms with Crippen molar-refractivity contribution in [1.82, 2.24) is 24.8 Å². The molecule has 0 spiro atoms. The van der Waals surface area contributed by atoms with Crippen LogP contribution in [-0.2, 0) is 6.54 Å². The average Bonchev–Trinajstić information content (AvgIpc) is 3.24. The fourth-order valence-corrected chi connectivity index (χ4v) is 5.13. The molecule has 1 atom stereocenters. The Hall–Kier alpha value is -2.33. The largest absolute Gasteiger partial charge is 0.393 e. The van der Waals surface area contributed by atoms with Gasteiger partial charge in [0.25, 0.3) is 6.43 Å². The molecule has 3 heterocycles. The first kappa shape index (κ1) is 26.7. The first-order valence-corrected chi connectivity index (χ1v) is 12.6. The molecule has 3 aromatic rings. The number of anilines is 1. The van der Waals surface area contributed by atoms with Crippen molar-refractivity contribution >= 4 is 29.4 Å². The van der Waals surface area contributed by atoms with Crippen LogP contribution in [0.25, 0.3) is 22.2 Å². The van der Waals surface area contributed by atoms with Gasteiger partial charge >= 0.3 is 0 Å². The minimum atomic E-state index is -2.50. The van der Waals surface area contributed by atoms with Gasteiger partial charge in [-0.1, -0.05) is 24.3 Å². The minimum absolute atomic E-state index is 0. The first-order valence-electron chi connectivity index (χ1n) is 12.6. The fraction of sp³-hybridized carbons (Fsp3) is 0.538. The summed E-state index contributed by atoms with van der Waals surface area (Å²) in [6.07, 6.45) is 4.31. The van der Waals surface area contributed by atoms with Crippen LogP contribution >= 0.6 is 12.4 Å². The second-order valence-corrected chi connectivity index (χ2v) is 9.83. The molecule has 1 aliphatic carbocycles. The highest BCUT2D eigenvalue weighted by Crippen LogP contribution is 2.37. The quantitative estimate of drug-likeness (QED) is 0.427. The molecular formula is C26H35ClF2N6O. The van der Waals surface area contributed by atoms with Crippen LogP contribution in [0.1, 0.15) is 44.2 Å². The molecule has 3 N–H and O–H groups in total. The van der Waals surface area contributed by atoms with E-state index in [1.54, 1.807) is 6.20 Å². The van der Waals surface area contributed by atoms with Crippen LogP contribution in [0.5, 0.6) is 0 Å². The fourth-order valence-electron chi connectivity index (χ4n) is 5.13. The normalized spacial score (nSPS) is 21.9. The highest BCUT2D eigenvalue weighted by molar-refractivity contribution is 5.94. The van der Waals surface area contributed by atoms with Crippen molar-refractivity contribution in [2.24, 2.45) is 0 Å². The summed E-state index contributed by atoms with van der Waals surface area (Å²) in [6.45, 7) is 6.54. The van der Waals surface area contributed by atoms with Crippen LogP contribution in [0.3, 0.4) is 0 Å². The topological polar surface area (TPSA) is 78.2 Å². The summed E-state index contributed by atoms with van der Waals surface area (Å²) in [7, 11) is 0. The standard InChI is InChI=1S/C26H34F2N6O.ClH/c1-17(24(27)28)31-26-30-14-22-23(16-34(25(22)32-26)20-6-8-21(35)9-7-20)19-4-2-18(3-5-19)15-33-12-10-29-11-13-33;/h2-5,14,16-17,20-21,24,29,35H,6-13,15H2,1H3,(H,30,31,32);1H/t17-,20?,21?;/m1./s1. The van der Waals surface area contributed by atoms with E-state index in [1.165, 1.54) is 12.5 Å². The molecule has 0 radical (unpaired) electrons. The van der Waals surface area contributed by atoms with Crippen LogP contribution in [-0.4, -0.2) is 69.3 Å². The molecule has 1 aliphatic heterocycles. The Balaban J connectivity index is 0.00000304. The van der Waals surface area contributed by atoms with Crippen molar-refractivity contribution in [2.75, 3.05) is 31.5 Å². The molecule has 196 valence electrons. The summed E-state index contributed by atoms with van der Waals surface area (Å²) in [4.78, 5) is 11.5. The number of halogens is 3. The van der Waals surface area contributed by atoms with E-state index in [4.69, 9.17) is 0 Å². The van der Waals surface area contributed by atoms with E-state index in [1.807, 2.05) is 0 Å². The van der Waals surface area contributed by atoms with Crippen LogP contribution in [0.4, 0.5) is 14.7 Å². The smallest absolute Gasteiger partial charge is 0.258 e. The number of benzene rings is 1. The highest BCUT2D eigenvalue weighted by atomic mass is 35.5. The molecule has 36 heavy (non-hydrogen) atoms. The van der Waals surface area contributed by atoms with Crippen LogP contribution in [0, 0.1) is 0 Å². The lowest BCUT2D eigenvalue weighted by Gasteiger charge is -2.27. The van der Waals surface area contributed by atoms with Crippen LogP contribution in [0.15, 0.2) is 36.7 Å². The van der Waals surface area contributed by atoms with Crippen molar-refractivity contribution < 1.29 is 13.9 Å². The molecule has 10 heteroatoms. The van der Waals surface area contributed by atoms with Gasteiger partial charge in [-0.3, -0.25) is 4.90 Å². The number of hydrogen-bond acceptors (Lipinski definition) is 6. The Morgan fingerprint density at radius 2 is 1.81 bits per heavy atom. The Bertz CT molecular complexity index is 1130. The van der Waals surface area contributed by atoms with Crippen molar-refractivity contribution in [2.45, 2.75) is 63.8 Å². The minimum Gasteiger partial charge on any atom is -0.393 e. The zero-order valence-corrected chi connectivity index (χ0v) is 21.4. The van der Waals surface area contributed by atoms with E-state index in [9.17, 15) is 13.9 Å². The summed E-state index contributed by atoms with van der Waals surface area (Å²) in [6, 6.07) is 7.82. The second kappa shape index (κ2) is 11.8. The predicted octanol–water partition coefficient (Wildman–Crippen LogP) is 4.47. The van der Waals surface area contributed by atoms with Gasteiger partial charge in [-0.15, -0.1) is 12.4 Å². The maximum absolute atomic E-state index is 13.1. The van der Waals surface area contributed by atoms with Crippen molar-refractivity contribution in [3.8, 4) is 11.1 Å². The number of nitrogens with one attached hydrogen (secondary N) is 2. The van der Waals surface area contributed by atoms with Crippen molar-refractivity contribution in [1.29, 1.82) is 0 Å². The Labute approximate surface area is 216 Å². The monoisotopic (exact) mass is 520 g/mol. The predicted molar refractivity (Wildman–Crippen MR) is 141 cm³/mol. The Kier molecular flexibility index (Phi) is 8.77. The van der Waals surface area contributed by atoms with Gasteiger partial charge < -0.3 is 20.3 Å². The van der Waals surface area contributed by atoms with E-state index >= 15 is 0 Å². The third-order valence-corrected chi connectivity index (χ3v) is 7.25. The number of aliphatic hydroxyl groups excluding tert-OH is 1. The number of aliphatic hydroxyl groups is 1. The number of nitrogens with zero attached hydrogens (tertiary/aromatic N) is 4. The van der Waals surface area contributed by atoms with Crippen molar-refractivity contribution in [3.63, 3.8) is 0 Å². The van der Waals surface area contributed by atoms with Gasteiger partial charge in [-0.2, -0.15) is 4.98 Å².